The van der Waals surface area contributed by atoms with Gasteiger partial charge in [0.15, 0.2) is 0 Å². The number of hydrogen-bond acceptors (Lipinski definition) is 3. The number of rotatable bonds is 7. The number of aryl methyl sites for hydroxylation is 1. The number of amides is 1. The van der Waals surface area contributed by atoms with Crippen LogP contribution in [0.3, 0.4) is 0 Å². The first-order valence-corrected chi connectivity index (χ1v) is 5.80. The summed E-state index contributed by atoms with van der Waals surface area (Å²) in [6.45, 7) is 1.09. The molecule has 1 aromatic carbocycles. The molecule has 0 unspecified atom stereocenters. The molecular formula is C13H20N2O2. The van der Waals surface area contributed by atoms with Crippen molar-refractivity contribution in [1.29, 1.82) is 0 Å². The van der Waals surface area contributed by atoms with Gasteiger partial charge < -0.3 is 15.4 Å². The smallest absolute Gasteiger partial charge is 0.233 e. The van der Waals surface area contributed by atoms with Gasteiger partial charge in [0.05, 0.1) is 13.7 Å². The molecular weight excluding hydrogens is 216 g/mol. The molecule has 0 aliphatic carbocycles. The normalized spacial score (nSPS) is 10.0. The van der Waals surface area contributed by atoms with E-state index >= 15 is 0 Å². The highest BCUT2D eigenvalue weighted by Gasteiger charge is 1.98. The zero-order valence-electron chi connectivity index (χ0n) is 10.5. The van der Waals surface area contributed by atoms with Crippen LogP contribution in [0, 0.1) is 0 Å². The van der Waals surface area contributed by atoms with Crippen molar-refractivity contribution in [1.82, 2.24) is 10.6 Å². The van der Waals surface area contributed by atoms with Gasteiger partial charge in [-0.05, 0) is 37.6 Å². The standard InChI is InChI=1S/C13H20N2O2/c1-14-10-13(16)15-9-3-4-11-5-7-12(17-2)8-6-11/h5-8,14H,3-4,9-10H2,1-2H3,(H,15,16). The van der Waals surface area contributed by atoms with Gasteiger partial charge in [0, 0.05) is 6.54 Å². The van der Waals surface area contributed by atoms with Crippen molar-refractivity contribution in [2.75, 3.05) is 27.2 Å². The zero-order chi connectivity index (χ0) is 12.5. The molecule has 17 heavy (non-hydrogen) atoms. The Bertz CT molecular complexity index is 336. The topological polar surface area (TPSA) is 50.4 Å². The molecule has 1 amide bonds. The number of methoxy groups -OCH3 is 1. The van der Waals surface area contributed by atoms with Crippen molar-refractivity contribution in [2.45, 2.75) is 12.8 Å². The Morgan fingerprint density at radius 1 is 1.29 bits per heavy atom. The molecule has 0 saturated carbocycles. The van der Waals surface area contributed by atoms with Gasteiger partial charge in [-0.1, -0.05) is 12.1 Å². The zero-order valence-corrected chi connectivity index (χ0v) is 10.5. The number of nitrogens with one attached hydrogen (secondary N) is 2. The lowest BCUT2D eigenvalue weighted by Gasteiger charge is -2.05. The molecule has 1 aromatic rings. The first-order chi connectivity index (χ1) is 8.26. The third-order valence-electron chi connectivity index (χ3n) is 2.46. The van der Waals surface area contributed by atoms with E-state index in [2.05, 4.69) is 10.6 Å². The maximum Gasteiger partial charge on any atom is 0.233 e. The summed E-state index contributed by atoms with van der Waals surface area (Å²) >= 11 is 0. The number of benzene rings is 1. The Kier molecular flexibility index (Phi) is 6.10. The fourth-order valence-corrected chi connectivity index (χ4v) is 1.54. The molecule has 0 radical (unpaired) electrons. The van der Waals surface area contributed by atoms with Gasteiger partial charge in [0.2, 0.25) is 5.91 Å². The molecule has 4 heteroatoms. The van der Waals surface area contributed by atoms with Crippen LogP contribution in [-0.2, 0) is 11.2 Å². The van der Waals surface area contributed by atoms with Crippen LogP contribution < -0.4 is 15.4 Å². The van der Waals surface area contributed by atoms with E-state index in [9.17, 15) is 4.79 Å². The number of ether oxygens (including phenoxy) is 1. The number of hydrogen-bond donors (Lipinski definition) is 2. The molecule has 0 aromatic heterocycles. The van der Waals surface area contributed by atoms with Crippen LogP contribution in [0.1, 0.15) is 12.0 Å². The van der Waals surface area contributed by atoms with Crippen molar-refractivity contribution in [3.8, 4) is 5.75 Å². The first kappa shape index (κ1) is 13.5. The van der Waals surface area contributed by atoms with E-state index in [-0.39, 0.29) is 5.91 Å². The van der Waals surface area contributed by atoms with Gasteiger partial charge >= 0.3 is 0 Å². The van der Waals surface area contributed by atoms with E-state index in [4.69, 9.17) is 4.74 Å². The minimum absolute atomic E-state index is 0.0437. The molecule has 4 nitrogen and oxygen atoms in total. The van der Waals surface area contributed by atoms with E-state index in [1.807, 2.05) is 24.3 Å². The number of likely N-dealkylation sites (N-methyl/N-ethyl adjacent to an activating group) is 1. The molecule has 0 saturated heterocycles. The predicted molar refractivity (Wildman–Crippen MR) is 68.3 cm³/mol. The Labute approximate surface area is 102 Å². The lowest BCUT2D eigenvalue weighted by Crippen LogP contribution is -2.32. The molecule has 0 spiro atoms. The minimum Gasteiger partial charge on any atom is -0.497 e. The largest absolute Gasteiger partial charge is 0.497 e. The lowest BCUT2D eigenvalue weighted by atomic mass is 10.1. The lowest BCUT2D eigenvalue weighted by molar-refractivity contribution is -0.120. The molecule has 0 atom stereocenters. The molecule has 0 aliphatic heterocycles. The number of carbonyl (C=O) groups is 1. The summed E-state index contributed by atoms with van der Waals surface area (Å²) in [5.41, 5.74) is 1.26. The molecule has 0 fully saturated rings. The van der Waals surface area contributed by atoms with Crippen LogP contribution in [0.2, 0.25) is 0 Å². The van der Waals surface area contributed by atoms with E-state index in [0.717, 1.165) is 18.6 Å². The molecule has 2 N–H and O–H groups in total. The second-order valence-electron chi connectivity index (χ2n) is 3.83. The van der Waals surface area contributed by atoms with Crippen molar-refractivity contribution in [3.05, 3.63) is 29.8 Å². The van der Waals surface area contributed by atoms with Crippen LogP contribution >= 0.6 is 0 Å². The molecule has 0 aliphatic rings. The second-order valence-corrected chi connectivity index (χ2v) is 3.83. The van der Waals surface area contributed by atoms with Crippen molar-refractivity contribution < 1.29 is 9.53 Å². The van der Waals surface area contributed by atoms with Crippen LogP contribution in [-0.4, -0.2) is 33.2 Å². The van der Waals surface area contributed by atoms with Gasteiger partial charge in [-0.15, -0.1) is 0 Å². The third kappa shape index (κ3) is 5.36. The summed E-state index contributed by atoms with van der Waals surface area (Å²) in [4.78, 5) is 11.1. The molecule has 0 heterocycles. The van der Waals surface area contributed by atoms with Crippen LogP contribution in [0.5, 0.6) is 5.75 Å². The summed E-state index contributed by atoms with van der Waals surface area (Å²) in [6, 6.07) is 8.01. The summed E-state index contributed by atoms with van der Waals surface area (Å²) in [5.74, 6) is 0.915. The average Bonchev–Trinajstić information content (AvgIpc) is 2.36. The van der Waals surface area contributed by atoms with Gasteiger partial charge in [-0.3, -0.25) is 4.79 Å². The van der Waals surface area contributed by atoms with Crippen LogP contribution in [0.25, 0.3) is 0 Å². The molecule has 94 valence electrons. The Balaban J connectivity index is 2.19. The predicted octanol–water partition coefficient (Wildman–Crippen LogP) is 0.963. The number of carbonyl (C=O) groups excluding carboxylic acids is 1. The maximum absolute atomic E-state index is 11.1. The highest BCUT2D eigenvalue weighted by molar-refractivity contribution is 5.77. The molecule has 1 rings (SSSR count). The second kappa shape index (κ2) is 7.68. The van der Waals surface area contributed by atoms with Crippen molar-refractivity contribution in [2.24, 2.45) is 0 Å². The maximum atomic E-state index is 11.1. The average molecular weight is 236 g/mol. The fourth-order valence-electron chi connectivity index (χ4n) is 1.54. The van der Waals surface area contributed by atoms with Crippen molar-refractivity contribution in [3.63, 3.8) is 0 Å². The molecule has 0 bridgehead atoms. The van der Waals surface area contributed by atoms with Gasteiger partial charge in [-0.25, -0.2) is 0 Å². The Morgan fingerprint density at radius 3 is 2.59 bits per heavy atom. The van der Waals surface area contributed by atoms with Gasteiger partial charge in [-0.2, -0.15) is 0 Å². The SMILES string of the molecule is CNCC(=O)NCCCc1ccc(OC)cc1. The quantitative estimate of drug-likeness (QED) is 0.693. The minimum atomic E-state index is 0.0437. The van der Waals surface area contributed by atoms with Gasteiger partial charge in [0.25, 0.3) is 0 Å². The Hall–Kier alpha value is -1.55. The monoisotopic (exact) mass is 236 g/mol. The van der Waals surface area contributed by atoms with E-state index in [0.29, 0.717) is 13.1 Å². The summed E-state index contributed by atoms with van der Waals surface area (Å²) < 4.78 is 5.09. The van der Waals surface area contributed by atoms with Crippen LogP contribution in [0.4, 0.5) is 0 Å². The van der Waals surface area contributed by atoms with Crippen LogP contribution in [0.15, 0.2) is 24.3 Å². The summed E-state index contributed by atoms with van der Waals surface area (Å²) in [5, 5.41) is 5.66. The summed E-state index contributed by atoms with van der Waals surface area (Å²) in [7, 11) is 3.42. The first-order valence-electron chi connectivity index (χ1n) is 5.80. The van der Waals surface area contributed by atoms with Gasteiger partial charge in [0.1, 0.15) is 5.75 Å². The van der Waals surface area contributed by atoms with Crippen molar-refractivity contribution >= 4 is 5.91 Å². The fraction of sp³-hybridized carbons (Fsp3) is 0.462. The highest BCUT2D eigenvalue weighted by Crippen LogP contribution is 2.12. The van der Waals surface area contributed by atoms with E-state index in [1.54, 1.807) is 14.2 Å². The summed E-state index contributed by atoms with van der Waals surface area (Å²) in [6.07, 6.45) is 1.91. The Morgan fingerprint density at radius 2 is 2.00 bits per heavy atom. The van der Waals surface area contributed by atoms with E-state index < -0.39 is 0 Å². The van der Waals surface area contributed by atoms with E-state index in [1.165, 1.54) is 5.56 Å². The highest BCUT2D eigenvalue weighted by atomic mass is 16.5. The third-order valence-corrected chi connectivity index (χ3v) is 2.46.